The lowest BCUT2D eigenvalue weighted by atomic mass is 9.99. The topological polar surface area (TPSA) is 41.8 Å². The number of hydrogen-bond donors (Lipinski definition) is 2. The van der Waals surface area contributed by atoms with Gasteiger partial charge < -0.3 is 10.7 Å². The molecule has 1 heterocycles. The maximum atomic E-state index is 13.2. The van der Waals surface area contributed by atoms with Crippen LogP contribution in [-0.4, -0.2) is 11.5 Å². The highest BCUT2D eigenvalue weighted by molar-refractivity contribution is 14.1. The van der Waals surface area contributed by atoms with E-state index in [1.807, 2.05) is 18.2 Å². The molecule has 0 spiro atoms. The maximum absolute atomic E-state index is 13.2. The quantitative estimate of drug-likeness (QED) is 0.314. The lowest BCUT2D eigenvalue weighted by Crippen LogP contribution is -2.05. The molecule has 3 rings (SSSR count). The molecule has 1 aromatic heterocycles. The SMILES string of the molecule is NCCCCc1c(-c2cc(C(F)(F)F)ccc2Cl)[nH]c2ccc(I)cc12. The molecule has 0 aliphatic carbocycles. The summed E-state index contributed by atoms with van der Waals surface area (Å²) in [6, 6.07) is 9.36. The van der Waals surface area contributed by atoms with E-state index in [0.717, 1.165) is 51.4 Å². The Balaban J connectivity index is 2.19. The van der Waals surface area contributed by atoms with Crippen molar-refractivity contribution < 1.29 is 13.2 Å². The highest BCUT2D eigenvalue weighted by Crippen LogP contribution is 2.39. The Kier molecular flexibility index (Phi) is 5.84. The van der Waals surface area contributed by atoms with E-state index in [4.69, 9.17) is 17.3 Å². The van der Waals surface area contributed by atoms with Crippen molar-refractivity contribution in [2.24, 2.45) is 5.73 Å². The molecule has 3 N–H and O–H groups in total. The number of halogens is 5. The lowest BCUT2D eigenvalue weighted by Gasteiger charge is -2.11. The molecule has 0 saturated heterocycles. The number of nitrogens with two attached hydrogens (primary N) is 1. The van der Waals surface area contributed by atoms with Crippen molar-refractivity contribution in [1.29, 1.82) is 0 Å². The van der Waals surface area contributed by atoms with Gasteiger partial charge in [-0.2, -0.15) is 13.2 Å². The van der Waals surface area contributed by atoms with Gasteiger partial charge in [0.05, 0.1) is 11.3 Å². The van der Waals surface area contributed by atoms with Crippen LogP contribution in [-0.2, 0) is 12.6 Å². The van der Waals surface area contributed by atoms with E-state index in [2.05, 4.69) is 27.6 Å². The summed E-state index contributed by atoms with van der Waals surface area (Å²) in [6.07, 6.45) is -1.98. The lowest BCUT2D eigenvalue weighted by molar-refractivity contribution is -0.137. The van der Waals surface area contributed by atoms with Gasteiger partial charge in [-0.15, -0.1) is 0 Å². The summed E-state index contributed by atoms with van der Waals surface area (Å²) in [5.41, 5.74) is 7.77. The first-order valence-corrected chi connectivity index (χ1v) is 9.64. The molecule has 0 fully saturated rings. The van der Waals surface area contributed by atoms with Gasteiger partial charge in [-0.05, 0) is 90.4 Å². The summed E-state index contributed by atoms with van der Waals surface area (Å²) in [5, 5.41) is 1.30. The summed E-state index contributed by atoms with van der Waals surface area (Å²) < 4.78 is 40.5. The Labute approximate surface area is 168 Å². The molecule has 0 saturated carbocycles. The van der Waals surface area contributed by atoms with Crippen molar-refractivity contribution in [2.75, 3.05) is 6.54 Å². The van der Waals surface area contributed by atoms with Crippen LogP contribution in [0, 0.1) is 3.57 Å². The van der Waals surface area contributed by atoms with E-state index in [1.165, 1.54) is 6.07 Å². The Morgan fingerprint density at radius 2 is 1.85 bits per heavy atom. The second kappa shape index (κ2) is 7.78. The Morgan fingerprint density at radius 1 is 1.08 bits per heavy atom. The average molecular weight is 493 g/mol. The molecular formula is C19H17ClF3IN2. The first-order chi connectivity index (χ1) is 12.3. The van der Waals surface area contributed by atoms with E-state index in [0.29, 0.717) is 22.8 Å². The second-order valence-electron chi connectivity index (χ2n) is 6.11. The van der Waals surface area contributed by atoms with Crippen LogP contribution in [0.1, 0.15) is 24.0 Å². The van der Waals surface area contributed by atoms with Crippen LogP contribution in [0.4, 0.5) is 13.2 Å². The van der Waals surface area contributed by atoms with Gasteiger partial charge in [0, 0.05) is 25.1 Å². The molecule has 26 heavy (non-hydrogen) atoms. The third-order valence-corrected chi connectivity index (χ3v) is 5.31. The number of nitrogens with one attached hydrogen (secondary N) is 1. The van der Waals surface area contributed by atoms with Crippen molar-refractivity contribution in [3.8, 4) is 11.3 Å². The molecule has 0 unspecified atom stereocenters. The number of aromatic amines is 1. The normalized spacial score (nSPS) is 12.1. The van der Waals surface area contributed by atoms with Gasteiger partial charge in [0.25, 0.3) is 0 Å². The zero-order valence-corrected chi connectivity index (χ0v) is 16.7. The molecule has 0 radical (unpaired) electrons. The third kappa shape index (κ3) is 4.02. The maximum Gasteiger partial charge on any atom is 0.416 e. The first-order valence-electron chi connectivity index (χ1n) is 8.18. The van der Waals surface area contributed by atoms with Crippen molar-refractivity contribution in [2.45, 2.75) is 25.4 Å². The molecule has 3 aromatic rings. The number of hydrogen-bond acceptors (Lipinski definition) is 1. The van der Waals surface area contributed by atoms with Gasteiger partial charge in [-0.1, -0.05) is 11.6 Å². The van der Waals surface area contributed by atoms with Gasteiger partial charge in [0.1, 0.15) is 0 Å². The van der Waals surface area contributed by atoms with Gasteiger partial charge >= 0.3 is 6.18 Å². The van der Waals surface area contributed by atoms with Crippen molar-refractivity contribution in [3.05, 3.63) is 56.1 Å². The molecule has 2 nitrogen and oxygen atoms in total. The average Bonchev–Trinajstić information content (AvgIpc) is 2.92. The fourth-order valence-electron chi connectivity index (χ4n) is 3.05. The molecule has 7 heteroatoms. The van der Waals surface area contributed by atoms with Crippen LogP contribution in [0.2, 0.25) is 5.02 Å². The minimum atomic E-state index is -4.42. The zero-order chi connectivity index (χ0) is 18.9. The summed E-state index contributed by atoms with van der Waals surface area (Å²) >= 11 is 8.49. The van der Waals surface area contributed by atoms with Crippen LogP contribution >= 0.6 is 34.2 Å². The molecule has 0 atom stereocenters. The number of rotatable bonds is 5. The molecule has 0 amide bonds. The Hall–Kier alpha value is -1.25. The largest absolute Gasteiger partial charge is 0.416 e. The minimum absolute atomic E-state index is 0.291. The van der Waals surface area contributed by atoms with Crippen molar-refractivity contribution in [1.82, 2.24) is 4.98 Å². The van der Waals surface area contributed by atoms with Crippen molar-refractivity contribution >= 4 is 45.1 Å². The smallest absolute Gasteiger partial charge is 0.354 e. The molecule has 0 aliphatic rings. The van der Waals surface area contributed by atoms with Gasteiger partial charge in [0.2, 0.25) is 0 Å². The summed E-state index contributed by atoms with van der Waals surface area (Å²) in [7, 11) is 0. The highest BCUT2D eigenvalue weighted by Gasteiger charge is 2.31. The summed E-state index contributed by atoms with van der Waals surface area (Å²) in [5.74, 6) is 0. The fraction of sp³-hybridized carbons (Fsp3) is 0.263. The number of H-pyrrole nitrogens is 1. The minimum Gasteiger partial charge on any atom is -0.354 e. The molecular weight excluding hydrogens is 476 g/mol. The number of benzene rings is 2. The molecule has 0 bridgehead atoms. The number of aromatic nitrogens is 1. The van der Waals surface area contributed by atoms with Crippen LogP contribution in [0.5, 0.6) is 0 Å². The van der Waals surface area contributed by atoms with Crippen LogP contribution in [0.15, 0.2) is 36.4 Å². The highest BCUT2D eigenvalue weighted by atomic mass is 127. The second-order valence-corrected chi connectivity index (χ2v) is 7.76. The number of fused-ring (bicyclic) bond motifs is 1. The molecule has 0 aliphatic heterocycles. The number of unbranched alkanes of at least 4 members (excludes halogenated alkanes) is 1. The first kappa shape index (κ1) is 19.5. The van der Waals surface area contributed by atoms with E-state index in [-0.39, 0.29) is 0 Å². The van der Waals surface area contributed by atoms with E-state index in [9.17, 15) is 13.2 Å². The Morgan fingerprint density at radius 3 is 2.54 bits per heavy atom. The monoisotopic (exact) mass is 492 g/mol. The third-order valence-electron chi connectivity index (χ3n) is 4.31. The summed E-state index contributed by atoms with van der Waals surface area (Å²) in [4.78, 5) is 3.27. The standard InChI is InChI=1S/C19H17ClF3IN2/c20-16-6-4-11(19(21,22)23)9-15(16)18-13(3-1-2-8-25)14-10-12(24)5-7-17(14)26-18/h4-7,9-10,26H,1-3,8,25H2. The van der Waals surface area contributed by atoms with E-state index >= 15 is 0 Å². The predicted octanol–water partition coefficient (Wildman–Crippen LogP) is 6.39. The summed E-state index contributed by atoms with van der Waals surface area (Å²) in [6.45, 7) is 0.583. The van der Waals surface area contributed by atoms with Gasteiger partial charge in [-0.25, -0.2) is 0 Å². The van der Waals surface area contributed by atoms with Crippen LogP contribution in [0.25, 0.3) is 22.2 Å². The van der Waals surface area contributed by atoms with Gasteiger partial charge in [-0.3, -0.25) is 0 Å². The van der Waals surface area contributed by atoms with E-state index in [1.54, 1.807) is 0 Å². The Bertz CT molecular complexity index is 934. The molecule has 2 aromatic carbocycles. The zero-order valence-electron chi connectivity index (χ0n) is 13.8. The van der Waals surface area contributed by atoms with Crippen LogP contribution < -0.4 is 5.73 Å². The molecule has 138 valence electrons. The fourth-order valence-corrected chi connectivity index (χ4v) is 3.75. The van der Waals surface area contributed by atoms with Gasteiger partial charge in [0.15, 0.2) is 0 Å². The van der Waals surface area contributed by atoms with Crippen LogP contribution in [0.3, 0.4) is 0 Å². The number of aryl methyl sites for hydroxylation is 1. The van der Waals surface area contributed by atoms with Crippen molar-refractivity contribution in [3.63, 3.8) is 0 Å². The number of alkyl halides is 3. The predicted molar refractivity (Wildman–Crippen MR) is 108 cm³/mol. The van der Waals surface area contributed by atoms with E-state index < -0.39 is 11.7 Å².